The van der Waals surface area contributed by atoms with Crippen LogP contribution in [0.25, 0.3) is 0 Å². The van der Waals surface area contributed by atoms with Crippen molar-refractivity contribution in [3.63, 3.8) is 0 Å². The van der Waals surface area contributed by atoms with Crippen LogP contribution in [-0.2, 0) is 12.7 Å². The second-order valence-electron chi connectivity index (χ2n) is 4.38. The molecular formula is C13H10F3NO4. The number of hydrogen-bond acceptors (Lipinski definition) is 3. The van der Waals surface area contributed by atoms with Crippen LogP contribution in [0.5, 0.6) is 0 Å². The second kappa shape index (κ2) is 5.12. The van der Waals surface area contributed by atoms with Crippen LogP contribution >= 0.6 is 0 Å². The number of aromatic nitrogens is 1. The van der Waals surface area contributed by atoms with Crippen molar-refractivity contribution in [1.82, 2.24) is 4.57 Å². The third-order valence-corrected chi connectivity index (χ3v) is 2.88. The third-order valence-electron chi connectivity index (χ3n) is 2.88. The number of carboxylic acids is 1. The molecule has 21 heavy (non-hydrogen) atoms. The summed E-state index contributed by atoms with van der Waals surface area (Å²) in [6.45, 7) is 1.27. The highest BCUT2D eigenvalue weighted by molar-refractivity contribution is 5.84. The van der Waals surface area contributed by atoms with E-state index in [0.717, 1.165) is 10.6 Å². The predicted octanol–water partition coefficient (Wildman–Crippen LogP) is 2.52. The van der Waals surface area contributed by atoms with Gasteiger partial charge in [0, 0.05) is 17.8 Å². The number of rotatable bonds is 3. The molecule has 0 saturated heterocycles. The van der Waals surface area contributed by atoms with Crippen molar-refractivity contribution in [2.75, 3.05) is 0 Å². The molecule has 2 aromatic heterocycles. The first-order valence-corrected chi connectivity index (χ1v) is 5.79. The number of alkyl halides is 3. The van der Waals surface area contributed by atoms with Crippen molar-refractivity contribution in [1.29, 1.82) is 0 Å². The summed E-state index contributed by atoms with van der Waals surface area (Å²) in [7, 11) is 0. The Balaban J connectivity index is 2.40. The fraction of sp³-hybridized carbons (Fsp3) is 0.231. The highest BCUT2D eigenvalue weighted by Crippen LogP contribution is 2.28. The molecule has 0 saturated carbocycles. The standard InChI is InChI=1S/C13H10F3NO4/c1-7-8(4-10(21-7)12(19)20)5-17-6-9(13(14,15)16)2-3-11(17)18/h2-4,6H,5H2,1H3,(H,19,20). The van der Waals surface area contributed by atoms with E-state index in [1.807, 2.05) is 0 Å². The van der Waals surface area contributed by atoms with Crippen LogP contribution in [-0.4, -0.2) is 15.6 Å². The number of carbonyl (C=O) groups is 1. The van der Waals surface area contributed by atoms with Crippen molar-refractivity contribution in [2.45, 2.75) is 19.6 Å². The van der Waals surface area contributed by atoms with E-state index in [-0.39, 0.29) is 18.1 Å². The Bertz CT molecular complexity index is 743. The minimum atomic E-state index is -4.56. The van der Waals surface area contributed by atoms with Crippen LogP contribution in [0.1, 0.15) is 27.4 Å². The summed E-state index contributed by atoms with van der Waals surface area (Å²) in [4.78, 5) is 22.4. The number of aryl methyl sites for hydroxylation is 1. The van der Waals surface area contributed by atoms with E-state index >= 15 is 0 Å². The van der Waals surface area contributed by atoms with E-state index < -0.39 is 23.3 Å². The van der Waals surface area contributed by atoms with Gasteiger partial charge in [0.2, 0.25) is 5.76 Å². The summed E-state index contributed by atoms with van der Waals surface area (Å²) < 4.78 is 43.7. The van der Waals surface area contributed by atoms with E-state index in [9.17, 15) is 22.8 Å². The number of furan rings is 1. The Morgan fingerprint density at radius 2 is 2.05 bits per heavy atom. The number of pyridine rings is 1. The van der Waals surface area contributed by atoms with Gasteiger partial charge in [-0.3, -0.25) is 4.79 Å². The lowest BCUT2D eigenvalue weighted by atomic mass is 10.2. The summed E-state index contributed by atoms with van der Waals surface area (Å²) in [5.74, 6) is -1.39. The van der Waals surface area contributed by atoms with Gasteiger partial charge in [-0.15, -0.1) is 0 Å². The molecule has 0 unspecified atom stereocenters. The van der Waals surface area contributed by atoms with Gasteiger partial charge >= 0.3 is 12.1 Å². The van der Waals surface area contributed by atoms with Crippen molar-refractivity contribution in [3.8, 4) is 0 Å². The largest absolute Gasteiger partial charge is 0.475 e. The molecule has 2 heterocycles. The summed E-state index contributed by atoms with van der Waals surface area (Å²) >= 11 is 0. The SMILES string of the molecule is Cc1oc(C(=O)O)cc1Cn1cc(C(F)(F)F)ccc1=O. The second-order valence-corrected chi connectivity index (χ2v) is 4.38. The van der Waals surface area contributed by atoms with Gasteiger partial charge in [0.25, 0.3) is 5.56 Å². The topological polar surface area (TPSA) is 72.4 Å². The van der Waals surface area contributed by atoms with E-state index in [2.05, 4.69) is 0 Å². The number of halogens is 3. The normalized spacial score (nSPS) is 11.6. The van der Waals surface area contributed by atoms with Crippen molar-refractivity contribution < 1.29 is 27.5 Å². The van der Waals surface area contributed by atoms with Gasteiger partial charge < -0.3 is 14.1 Å². The average molecular weight is 301 g/mol. The minimum absolute atomic E-state index is 0.203. The quantitative estimate of drug-likeness (QED) is 0.945. The van der Waals surface area contributed by atoms with Gasteiger partial charge in [0.15, 0.2) is 0 Å². The van der Waals surface area contributed by atoms with Crippen LogP contribution < -0.4 is 5.56 Å². The highest BCUT2D eigenvalue weighted by Gasteiger charge is 2.31. The average Bonchev–Trinajstić information content (AvgIpc) is 2.72. The maximum Gasteiger partial charge on any atom is 0.417 e. The van der Waals surface area contributed by atoms with Crippen LogP contribution in [0.15, 0.2) is 33.6 Å². The first-order valence-electron chi connectivity index (χ1n) is 5.79. The van der Waals surface area contributed by atoms with Crippen LogP contribution in [0.4, 0.5) is 13.2 Å². The van der Waals surface area contributed by atoms with Crippen LogP contribution in [0, 0.1) is 6.92 Å². The van der Waals surface area contributed by atoms with Crippen LogP contribution in [0.2, 0.25) is 0 Å². The molecule has 5 nitrogen and oxygen atoms in total. The lowest BCUT2D eigenvalue weighted by Crippen LogP contribution is -2.22. The zero-order valence-corrected chi connectivity index (χ0v) is 10.8. The molecule has 0 atom stereocenters. The van der Waals surface area contributed by atoms with Crippen molar-refractivity contribution in [2.24, 2.45) is 0 Å². The minimum Gasteiger partial charge on any atom is -0.475 e. The highest BCUT2D eigenvalue weighted by atomic mass is 19.4. The maximum absolute atomic E-state index is 12.6. The molecule has 2 aromatic rings. The summed E-state index contributed by atoms with van der Waals surface area (Å²) in [6, 6.07) is 2.70. The third kappa shape index (κ3) is 3.15. The Morgan fingerprint density at radius 1 is 1.38 bits per heavy atom. The van der Waals surface area contributed by atoms with Gasteiger partial charge in [-0.2, -0.15) is 13.2 Å². The summed E-state index contributed by atoms with van der Waals surface area (Å²) in [6.07, 6.45) is -3.87. The van der Waals surface area contributed by atoms with Gasteiger partial charge in [0.1, 0.15) is 5.76 Å². The predicted molar refractivity (Wildman–Crippen MR) is 65.2 cm³/mol. The number of carboxylic acid groups (broad SMARTS) is 1. The van der Waals surface area contributed by atoms with Crippen molar-refractivity contribution >= 4 is 5.97 Å². The Morgan fingerprint density at radius 3 is 2.57 bits per heavy atom. The smallest absolute Gasteiger partial charge is 0.417 e. The van der Waals surface area contributed by atoms with Gasteiger partial charge in [0.05, 0.1) is 12.1 Å². The molecule has 8 heteroatoms. The molecular weight excluding hydrogens is 291 g/mol. The maximum atomic E-state index is 12.6. The zero-order valence-electron chi connectivity index (χ0n) is 10.8. The molecule has 0 bridgehead atoms. The van der Waals surface area contributed by atoms with Gasteiger partial charge in [-0.05, 0) is 19.1 Å². The molecule has 0 aliphatic carbocycles. The zero-order chi connectivity index (χ0) is 15.8. The number of aromatic carboxylic acids is 1. The summed E-state index contributed by atoms with van der Waals surface area (Å²) in [5.41, 5.74) is -1.25. The Labute approximate surface area is 116 Å². The number of hydrogen-bond donors (Lipinski definition) is 1. The van der Waals surface area contributed by atoms with Crippen LogP contribution in [0.3, 0.4) is 0 Å². The molecule has 0 aromatic carbocycles. The Kier molecular flexibility index (Phi) is 3.63. The molecule has 0 amide bonds. The van der Waals surface area contributed by atoms with Gasteiger partial charge in [-0.25, -0.2) is 4.79 Å². The van der Waals surface area contributed by atoms with Gasteiger partial charge in [-0.1, -0.05) is 0 Å². The summed E-state index contributed by atoms with van der Waals surface area (Å²) in [5, 5.41) is 8.78. The molecule has 0 fully saturated rings. The fourth-order valence-corrected chi connectivity index (χ4v) is 1.79. The first kappa shape index (κ1) is 14.9. The lowest BCUT2D eigenvalue weighted by molar-refractivity contribution is -0.138. The molecule has 0 radical (unpaired) electrons. The van der Waals surface area contributed by atoms with E-state index in [0.29, 0.717) is 17.8 Å². The molecule has 0 aliphatic heterocycles. The van der Waals surface area contributed by atoms with E-state index in [1.54, 1.807) is 0 Å². The molecule has 0 aliphatic rings. The molecule has 2 rings (SSSR count). The monoisotopic (exact) mass is 301 g/mol. The van der Waals surface area contributed by atoms with E-state index in [1.165, 1.54) is 13.0 Å². The lowest BCUT2D eigenvalue weighted by Gasteiger charge is -2.10. The Hall–Kier alpha value is -2.51. The van der Waals surface area contributed by atoms with E-state index in [4.69, 9.17) is 9.52 Å². The molecule has 112 valence electrons. The molecule has 1 N–H and O–H groups in total. The fourth-order valence-electron chi connectivity index (χ4n) is 1.79. The number of nitrogens with zero attached hydrogens (tertiary/aromatic N) is 1. The van der Waals surface area contributed by atoms with Crippen molar-refractivity contribution in [3.05, 3.63) is 57.4 Å². The molecule has 0 spiro atoms. The first-order chi connectivity index (χ1) is 9.68.